The lowest BCUT2D eigenvalue weighted by Crippen LogP contribution is -2.54. The minimum atomic E-state index is -0.813. The molecule has 2 N–H and O–H groups in total. The summed E-state index contributed by atoms with van der Waals surface area (Å²) in [4.78, 5) is 11.2. The van der Waals surface area contributed by atoms with E-state index in [1.54, 1.807) is 18.7 Å². The molecule has 2 atom stereocenters. The summed E-state index contributed by atoms with van der Waals surface area (Å²) in [6, 6.07) is 0.185. The lowest BCUT2D eigenvalue weighted by molar-refractivity contribution is -0.143. The van der Waals surface area contributed by atoms with E-state index in [9.17, 15) is 9.90 Å². The Hall–Kier alpha value is -0.220. The Labute approximate surface area is 103 Å². The third-order valence-corrected chi connectivity index (χ3v) is 4.16. The molecule has 0 spiro atoms. The Morgan fingerprint density at radius 2 is 2.00 bits per heavy atom. The Bertz CT molecular complexity index is 221. The van der Waals surface area contributed by atoms with Gasteiger partial charge in [0, 0.05) is 11.8 Å². The Balaban J connectivity index is 4.18. The van der Waals surface area contributed by atoms with Gasteiger partial charge >= 0.3 is 5.97 Å². The summed E-state index contributed by atoms with van der Waals surface area (Å²) in [7, 11) is 0. The first-order valence-electron chi connectivity index (χ1n) is 5.90. The van der Waals surface area contributed by atoms with Crippen LogP contribution in [0, 0.1) is 5.92 Å². The summed E-state index contributed by atoms with van der Waals surface area (Å²) in [5.74, 6) is 1.53. The molecule has 2 unspecified atom stereocenters. The zero-order valence-corrected chi connectivity index (χ0v) is 11.9. The molecule has 0 fully saturated rings. The molecule has 0 aromatic rings. The highest BCUT2D eigenvalue weighted by atomic mass is 32.2. The summed E-state index contributed by atoms with van der Waals surface area (Å²) in [5, 5.41) is 12.4. The molecule has 0 rings (SSSR count). The van der Waals surface area contributed by atoms with Gasteiger partial charge in [-0.3, -0.25) is 10.1 Å². The zero-order valence-electron chi connectivity index (χ0n) is 11.0. The number of rotatable bonds is 8. The van der Waals surface area contributed by atoms with E-state index >= 15 is 0 Å². The first kappa shape index (κ1) is 15.8. The monoisotopic (exact) mass is 247 g/mol. The predicted octanol–water partition coefficient (Wildman–Crippen LogP) is 2.61. The van der Waals surface area contributed by atoms with Gasteiger partial charge in [-0.15, -0.1) is 0 Å². The van der Waals surface area contributed by atoms with Gasteiger partial charge in [0.25, 0.3) is 0 Å². The molecular weight excluding hydrogens is 222 g/mol. The molecule has 0 bridgehead atoms. The largest absolute Gasteiger partial charge is 0.480 e. The number of aliphatic carboxylic acids is 1. The molecule has 0 aromatic heterocycles. The molecule has 0 radical (unpaired) electrons. The quantitative estimate of drug-likeness (QED) is 0.692. The van der Waals surface area contributed by atoms with Gasteiger partial charge in [0.15, 0.2) is 0 Å². The fourth-order valence-electron chi connectivity index (χ4n) is 1.38. The molecule has 4 heteroatoms. The lowest BCUT2D eigenvalue weighted by Gasteiger charge is -2.28. The molecule has 0 aliphatic rings. The normalized spacial score (nSPS) is 17.1. The van der Waals surface area contributed by atoms with Crippen LogP contribution < -0.4 is 5.32 Å². The van der Waals surface area contributed by atoms with Crippen LogP contribution in [0.1, 0.15) is 41.0 Å². The van der Waals surface area contributed by atoms with E-state index < -0.39 is 11.5 Å². The average molecular weight is 247 g/mol. The number of carboxylic acid groups (broad SMARTS) is 1. The lowest BCUT2D eigenvalue weighted by atomic mass is 10.1. The molecule has 0 aromatic carbocycles. The minimum Gasteiger partial charge on any atom is -0.480 e. The van der Waals surface area contributed by atoms with Crippen LogP contribution in [-0.4, -0.2) is 34.2 Å². The standard InChI is InChI=1S/C12H25NO2S/c1-6-10(4)7-16-8-12(5,11(14)15)13-9(2)3/h9-10,13H,6-8H2,1-5H3,(H,14,15). The van der Waals surface area contributed by atoms with Gasteiger partial charge < -0.3 is 5.11 Å². The number of carbonyl (C=O) groups is 1. The fraction of sp³-hybridized carbons (Fsp3) is 0.917. The highest BCUT2D eigenvalue weighted by molar-refractivity contribution is 7.99. The molecule has 96 valence electrons. The Morgan fingerprint density at radius 3 is 2.38 bits per heavy atom. The molecule has 0 heterocycles. The van der Waals surface area contributed by atoms with Crippen molar-refractivity contribution in [2.24, 2.45) is 5.92 Å². The van der Waals surface area contributed by atoms with Crippen molar-refractivity contribution in [1.82, 2.24) is 5.32 Å². The van der Waals surface area contributed by atoms with Crippen LogP contribution >= 0.6 is 11.8 Å². The van der Waals surface area contributed by atoms with Crippen LogP contribution in [0.3, 0.4) is 0 Å². The van der Waals surface area contributed by atoms with Crippen molar-refractivity contribution in [3.8, 4) is 0 Å². The van der Waals surface area contributed by atoms with Crippen molar-refractivity contribution in [3.05, 3.63) is 0 Å². The number of nitrogens with one attached hydrogen (secondary N) is 1. The van der Waals surface area contributed by atoms with Crippen LogP contribution in [0.15, 0.2) is 0 Å². The summed E-state index contributed by atoms with van der Waals surface area (Å²) >= 11 is 1.72. The van der Waals surface area contributed by atoms with Gasteiger partial charge in [0.1, 0.15) is 5.54 Å². The van der Waals surface area contributed by atoms with Crippen molar-refractivity contribution in [1.29, 1.82) is 0 Å². The average Bonchev–Trinajstić information content (AvgIpc) is 2.16. The van der Waals surface area contributed by atoms with Crippen molar-refractivity contribution in [2.75, 3.05) is 11.5 Å². The Morgan fingerprint density at radius 1 is 1.44 bits per heavy atom. The first-order valence-corrected chi connectivity index (χ1v) is 7.06. The smallest absolute Gasteiger partial charge is 0.324 e. The molecule has 16 heavy (non-hydrogen) atoms. The van der Waals surface area contributed by atoms with E-state index in [1.165, 1.54) is 0 Å². The predicted molar refractivity (Wildman–Crippen MR) is 71.1 cm³/mol. The molecule has 0 aliphatic heterocycles. The van der Waals surface area contributed by atoms with Gasteiger partial charge in [0.2, 0.25) is 0 Å². The van der Waals surface area contributed by atoms with Crippen molar-refractivity contribution in [2.45, 2.75) is 52.6 Å². The number of hydrogen-bond acceptors (Lipinski definition) is 3. The van der Waals surface area contributed by atoms with Gasteiger partial charge in [0.05, 0.1) is 0 Å². The summed E-state index contributed by atoms with van der Waals surface area (Å²) < 4.78 is 0. The second kappa shape index (κ2) is 7.17. The molecule has 3 nitrogen and oxygen atoms in total. The van der Waals surface area contributed by atoms with Crippen LogP contribution in [0.2, 0.25) is 0 Å². The van der Waals surface area contributed by atoms with Gasteiger partial charge in [-0.25, -0.2) is 0 Å². The number of hydrogen-bond donors (Lipinski definition) is 2. The van der Waals surface area contributed by atoms with E-state index in [1.807, 2.05) is 13.8 Å². The minimum absolute atomic E-state index is 0.185. The van der Waals surface area contributed by atoms with Crippen LogP contribution in [-0.2, 0) is 4.79 Å². The van der Waals surface area contributed by atoms with E-state index in [-0.39, 0.29) is 6.04 Å². The second-order valence-electron chi connectivity index (χ2n) is 4.96. The van der Waals surface area contributed by atoms with E-state index in [0.29, 0.717) is 11.7 Å². The van der Waals surface area contributed by atoms with E-state index in [2.05, 4.69) is 19.2 Å². The topological polar surface area (TPSA) is 49.3 Å². The molecular formula is C12H25NO2S. The summed E-state index contributed by atoms with van der Waals surface area (Å²) in [5.41, 5.74) is -0.813. The molecule has 0 amide bonds. The maximum Gasteiger partial charge on any atom is 0.324 e. The van der Waals surface area contributed by atoms with E-state index in [4.69, 9.17) is 0 Å². The van der Waals surface area contributed by atoms with Crippen LogP contribution in [0.5, 0.6) is 0 Å². The van der Waals surface area contributed by atoms with Crippen LogP contribution in [0.4, 0.5) is 0 Å². The summed E-state index contributed by atoms with van der Waals surface area (Å²) in [6.07, 6.45) is 1.15. The highest BCUT2D eigenvalue weighted by Crippen LogP contribution is 2.18. The molecule has 0 saturated carbocycles. The van der Waals surface area contributed by atoms with Crippen molar-refractivity contribution < 1.29 is 9.90 Å². The third kappa shape index (κ3) is 5.75. The van der Waals surface area contributed by atoms with Crippen molar-refractivity contribution >= 4 is 17.7 Å². The maximum absolute atomic E-state index is 11.2. The summed E-state index contributed by atoms with van der Waals surface area (Å²) in [6.45, 7) is 10.1. The third-order valence-electron chi connectivity index (χ3n) is 2.57. The SMILES string of the molecule is CCC(C)CSCC(C)(NC(C)C)C(=O)O. The maximum atomic E-state index is 11.2. The Kier molecular flexibility index (Phi) is 7.07. The van der Waals surface area contributed by atoms with Gasteiger partial charge in [-0.2, -0.15) is 11.8 Å². The van der Waals surface area contributed by atoms with Crippen molar-refractivity contribution in [3.63, 3.8) is 0 Å². The molecule has 0 aliphatic carbocycles. The second-order valence-corrected chi connectivity index (χ2v) is 6.00. The number of carboxylic acids is 1. The van der Waals surface area contributed by atoms with E-state index in [0.717, 1.165) is 12.2 Å². The zero-order chi connectivity index (χ0) is 12.8. The fourth-order valence-corrected chi connectivity index (χ4v) is 2.76. The highest BCUT2D eigenvalue weighted by Gasteiger charge is 2.33. The van der Waals surface area contributed by atoms with Crippen LogP contribution in [0.25, 0.3) is 0 Å². The van der Waals surface area contributed by atoms with Gasteiger partial charge in [-0.05, 0) is 32.4 Å². The number of thioether (sulfide) groups is 1. The molecule has 0 saturated heterocycles. The first-order chi connectivity index (χ1) is 7.31. The van der Waals surface area contributed by atoms with Gasteiger partial charge in [-0.1, -0.05) is 20.3 Å².